The Morgan fingerprint density at radius 2 is 1.40 bits per heavy atom. The van der Waals surface area contributed by atoms with E-state index in [-0.39, 0.29) is 24.3 Å². The van der Waals surface area contributed by atoms with Crippen molar-refractivity contribution in [2.24, 2.45) is 5.92 Å². The fraction of sp³-hybridized carbons (Fsp3) is 0.324. The van der Waals surface area contributed by atoms with E-state index >= 15 is 0 Å². The van der Waals surface area contributed by atoms with Crippen LogP contribution in [0, 0.1) is 35.0 Å². The number of amides is 1. The van der Waals surface area contributed by atoms with Gasteiger partial charge in [0.05, 0.1) is 24.4 Å². The maximum absolute atomic E-state index is 14.2. The highest BCUT2D eigenvalue weighted by molar-refractivity contribution is 6.30. The summed E-state index contributed by atoms with van der Waals surface area (Å²) < 4.78 is 82.2. The number of nitrogens with one attached hydrogen (secondary N) is 1. The normalized spacial score (nSPS) is 22.3. The topological polar surface area (TPSA) is 91.3 Å². The van der Waals surface area contributed by atoms with Gasteiger partial charge in [-0.25, -0.2) is 22.0 Å². The number of carbonyl (C=O) groups is 1. The van der Waals surface area contributed by atoms with Gasteiger partial charge in [-0.2, -0.15) is 0 Å². The summed E-state index contributed by atoms with van der Waals surface area (Å²) in [5, 5.41) is 23.7. The Balaban J connectivity index is 1.19. The van der Waals surface area contributed by atoms with Crippen LogP contribution >= 0.6 is 11.6 Å². The number of piperidine rings is 1. The van der Waals surface area contributed by atoms with Crippen LogP contribution in [-0.4, -0.2) is 46.8 Å². The van der Waals surface area contributed by atoms with Crippen molar-refractivity contribution in [1.82, 2.24) is 4.90 Å². The van der Waals surface area contributed by atoms with Crippen molar-refractivity contribution in [3.05, 3.63) is 135 Å². The van der Waals surface area contributed by atoms with Gasteiger partial charge in [0, 0.05) is 41.8 Å². The Labute approximate surface area is 290 Å². The molecule has 4 unspecified atom stereocenters. The van der Waals surface area contributed by atoms with Crippen molar-refractivity contribution in [3.8, 4) is 0 Å². The maximum atomic E-state index is 14.2. The zero-order valence-corrected chi connectivity index (χ0v) is 27.6. The van der Waals surface area contributed by atoms with Gasteiger partial charge in [-0.1, -0.05) is 67.1 Å². The third-order valence-corrected chi connectivity index (χ3v) is 9.76. The second-order valence-electron chi connectivity index (χ2n) is 12.7. The quantitative estimate of drug-likeness (QED) is 0.0992. The molecule has 0 saturated carbocycles. The predicted molar refractivity (Wildman–Crippen MR) is 175 cm³/mol. The fourth-order valence-electron chi connectivity index (χ4n) is 6.46. The molecular formula is C37H34ClF5N2O5. The van der Waals surface area contributed by atoms with Gasteiger partial charge >= 0.3 is 0 Å². The van der Waals surface area contributed by atoms with Gasteiger partial charge < -0.3 is 29.9 Å². The minimum Gasteiger partial charge on any atom is -0.392 e. The summed E-state index contributed by atoms with van der Waals surface area (Å²) in [6.07, 6.45) is -0.600. The number of ether oxygens (including phenoxy) is 2. The van der Waals surface area contributed by atoms with Crippen LogP contribution in [-0.2, 0) is 21.7 Å². The largest absolute Gasteiger partial charge is 0.392 e. The van der Waals surface area contributed by atoms with Crippen LogP contribution in [0.2, 0.25) is 5.02 Å². The molecule has 4 aromatic carbocycles. The summed E-state index contributed by atoms with van der Waals surface area (Å²) >= 11 is 6.04. The van der Waals surface area contributed by atoms with Gasteiger partial charge in [0.25, 0.3) is 5.91 Å². The van der Waals surface area contributed by atoms with Crippen molar-refractivity contribution >= 4 is 23.2 Å². The number of aliphatic hydroxyl groups excluding tert-OH is 1. The third-order valence-electron chi connectivity index (χ3n) is 9.50. The van der Waals surface area contributed by atoms with E-state index in [1.807, 2.05) is 43.3 Å². The molecule has 13 heteroatoms. The number of likely N-dealkylation sites (tertiary alicyclic amines) is 1. The number of carbonyl (C=O) groups excluding carboxylic acids is 1. The first-order valence-corrected chi connectivity index (χ1v) is 16.4. The maximum Gasteiger partial charge on any atom is 0.261 e. The molecule has 3 N–H and O–H groups in total. The van der Waals surface area contributed by atoms with Crippen LogP contribution in [0.15, 0.2) is 72.8 Å². The lowest BCUT2D eigenvalue weighted by atomic mass is 9.84. The highest BCUT2D eigenvalue weighted by atomic mass is 35.5. The zero-order chi connectivity index (χ0) is 35.7. The molecule has 0 radical (unpaired) electrons. The van der Waals surface area contributed by atoms with Gasteiger partial charge in [-0.3, -0.25) is 4.79 Å². The molecule has 0 bridgehead atoms. The van der Waals surface area contributed by atoms with E-state index in [0.717, 1.165) is 16.7 Å². The first-order valence-electron chi connectivity index (χ1n) is 16.0. The van der Waals surface area contributed by atoms with Gasteiger partial charge in [-0.05, 0) is 53.8 Å². The van der Waals surface area contributed by atoms with Gasteiger partial charge in [0.15, 0.2) is 29.6 Å². The average Bonchev–Trinajstić information content (AvgIpc) is 3.12. The molecule has 0 aromatic heterocycles. The van der Waals surface area contributed by atoms with Crippen molar-refractivity contribution in [3.63, 3.8) is 0 Å². The van der Waals surface area contributed by atoms with Gasteiger partial charge in [0.2, 0.25) is 5.82 Å². The van der Waals surface area contributed by atoms with Gasteiger partial charge in [-0.15, -0.1) is 0 Å². The number of rotatable bonds is 8. The summed E-state index contributed by atoms with van der Waals surface area (Å²) in [4.78, 5) is 14.8. The molecule has 0 spiro atoms. The summed E-state index contributed by atoms with van der Waals surface area (Å²) in [5.41, 5.74) is 0.430. The predicted octanol–water partition coefficient (Wildman–Crippen LogP) is 7.56. The van der Waals surface area contributed by atoms with Crippen molar-refractivity contribution in [1.29, 1.82) is 0 Å². The second-order valence-corrected chi connectivity index (χ2v) is 13.1. The molecule has 2 fully saturated rings. The average molecular weight is 717 g/mol. The van der Waals surface area contributed by atoms with Crippen LogP contribution in [0.1, 0.15) is 64.8 Å². The summed E-state index contributed by atoms with van der Waals surface area (Å²) in [6, 6.07) is 20.5. The van der Waals surface area contributed by atoms with Crippen molar-refractivity contribution in [2.75, 3.05) is 25.0 Å². The number of halogens is 6. The highest BCUT2D eigenvalue weighted by Gasteiger charge is 2.41. The molecule has 7 nitrogen and oxygen atoms in total. The van der Waals surface area contributed by atoms with E-state index in [1.165, 1.54) is 12.1 Å². The van der Waals surface area contributed by atoms with Crippen LogP contribution in [0.4, 0.5) is 27.6 Å². The Morgan fingerprint density at radius 1 is 0.840 bits per heavy atom. The standard InChI is InChI=1S/C37H34ClF5N2O5/c1-20-27(18-45-16-14-37(48,15-17-45)24-8-10-25(38)11-9-24)49-36(50-34(20)22-4-2-21(19-46)3-5-22)23-6-12-26(13-7-23)44-35(47)28-29(39)31(41)33(43)32(42)30(28)40/h2-13,20,27,34,36,46,48H,14-19H2,1H3,(H,44,47). The lowest BCUT2D eigenvalue weighted by Gasteiger charge is -2.45. The number of hydrogen-bond donors (Lipinski definition) is 3. The Kier molecular flexibility index (Phi) is 10.6. The van der Waals surface area contributed by atoms with Crippen LogP contribution < -0.4 is 5.32 Å². The molecule has 264 valence electrons. The Hall–Kier alpha value is -3.91. The summed E-state index contributed by atoms with van der Waals surface area (Å²) in [6.45, 7) is 3.69. The van der Waals surface area contributed by atoms with Gasteiger partial charge in [0.1, 0.15) is 5.56 Å². The van der Waals surface area contributed by atoms with E-state index in [0.29, 0.717) is 43.1 Å². The lowest BCUT2D eigenvalue weighted by molar-refractivity contribution is -0.277. The van der Waals surface area contributed by atoms with E-state index in [9.17, 15) is 37.0 Å². The zero-order valence-electron chi connectivity index (χ0n) is 26.8. The number of hydrogen-bond acceptors (Lipinski definition) is 6. The second kappa shape index (κ2) is 14.7. The molecule has 50 heavy (non-hydrogen) atoms. The number of anilines is 1. The molecule has 2 aliphatic rings. The van der Waals surface area contributed by atoms with Crippen LogP contribution in [0.3, 0.4) is 0 Å². The first kappa shape index (κ1) is 35.9. The summed E-state index contributed by atoms with van der Waals surface area (Å²) in [7, 11) is 0. The van der Waals surface area contributed by atoms with Crippen molar-refractivity contribution in [2.45, 2.75) is 50.5 Å². The van der Waals surface area contributed by atoms with E-state index < -0.39 is 58.6 Å². The molecule has 0 aliphatic carbocycles. The third kappa shape index (κ3) is 7.27. The lowest BCUT2D eigenvalue weighted by Crippen LogP contribution is -2.49. The smallest absolute Gasteiger partial charge is 0.261 e. The molecular weight excluding hydrogens is 683 g/mol. The number of nitrogens with zero attached hydrogens (tertiary/aromatic N) is 1. The monoisotopic (exact) mass is 716 g/mol. The Morgan fingerprint density at radius 3 is 1.98 bits per heavy atom. The number of benzene rings is 4. The minimum absolute atomic E-state index is 0.0288. The molecule has 4 atom stereocenters. The number of aliphatic hydroxyl groups is 2. The van der Waals surface area contributed by atoms with E-state index in [1.54, 1.807) is 24.3 Å². The van der Waals surface area contributed by atoms with E-state index in [2.05, 4.69) is 10.2 Å². The molecule has 2 heterocycles. The van der Waals surface area contributed by atoms with Crippen LogP contribution in [0.25, 0.3) is 0 Å². The molecule has 2 saturated heterocycles. The van der Waals surface area contributed by atoms with Crippen molar-refractivity contribution < 1.29 is 46.4 Å². The Bertz CT molecular complexity index is 1810. The fourth-order valence-corrected chi connectivity index (χ4v) is 6.58. The first-order chi connectivity index (χ1) is 23.9. The SMILES string of the molecule is CC1C(CN2CCC(O)(c3ccc(Cl)cc3)CC2)OC(c2ccc(NC(=O)c3c(F)c(F)c(F)c(F)c3F)cc2)OC1c1ccc(CO)cc1. The molecule has 2 aliphatic heterocycles. The molecule has 6 rings (SSSR count). The van der Waals surface area contributed by atoms with Crippen LogP contribution in [0.5, 0.6) is 0 Å². The van der Waals surface area contributed by atoms with E-state index in [4.69, 9.17) is 21.1 Å². The molecule has 4 aromatic rings. The minimum atomic E-state index is -2.36. The highest BCUT2D eigenvalue weighted by Crippen LogP contribution is 2.43. The summed E-state index contributed by atoms with van der Waals surface area (Å²) in [5.74, 6) is -12.9. The molecule has 1 amide bonds.